The number of nitrogens with zero attached hydrogens (tertiary/aromatic N) is 3. The maximum Gasteiger partial charge on any atom is 0.268 e. The molecule has 12 heavy (non-hydrogen) atoms. The second-order valence-electron chi connectivity index (χ2n) is 2.39. The van der Waals surface area contributed by atoms with Gasteiger partial charge in [0.25, 0.3) is 5.91 Å². The predicted molar refractivity (Wildman–Crippen MR) is 52.7 cm³/mol. The number of thioether (sulfide) groups is 1. The lowest BCUT2D eigenvalue weighted by molar-refractivity contribution is -0.116. The first kappa shape index (κ1) is 7.88. The Bertz CT molecular complexity index is 323. The van der Waals surface area contributed by atoms with Gasteiger partial charge in [-0.05, 0) is 0 Å². The Morgan fingerprint density at radius 2 is 2.50 bits per heavy atom. The van der Waals surface area contributed by atoms with Gasteiger partial charge in [0.15, 0.2) is 5.25 Å². The standard InChI is InChI=1S/C6H5N3OS2/c1-9-4-3(12-6(9)11)5(10)8-2-7-4/h2-3H,1H3. The van der Waals surface area contributed by atoms with Gasteiger partial charge in [-0.15, -0.1) is 0 Å². The summed E-state index contributed by atoms with van der Waals surface area (Å²) in [4.78, 5) is 20.5. The summed E-state index contributed by atoms with van der Waals surface area (Å²) in [6, 6.07) is 0. The van der Waals surface area contributed by atoms with Crippen molar-refractivity contribution in [3.8, 4) is 0 Å². The van der Waals surface area contributed by atoms with Crippen molar-refractivity contribution < 1.29 is 4.79 Å². The van der Waals surface area contributed by atoms with Gasteiger partial charge in [-0.25, -0.2) is 9.98 Å². The molecule has 4 nitrogen and oxygen atoms in total. The molecule has 0 aromatic rings. The van der Waals surface area contributed by atoms with E-state index in [2.05, 4.69) is 9.98 Å². The van der Waals surface area contributed by atoms with E-state index in [4.69, 9.17) is 12.2 Å². The van der Waals surface area contributed by atoms with E-state index in [1.165, 1.54) is 18.1 Å². The average Bonchev–Trinajstić information content (AvgIpc) is 2.32. The van der Waals surface area contributed by atoms with Crippen LogP contribution in [0, 0.1) is 0 Å². The Hall–Kier alpha value is -0.750. The van der Waals surface area contributed by atoms with Crippen LogP contribution in [-0.4, -0.2) is 39.6 Å². The number of amides is 1. The Kier molecular flexibility index (Phi) is 1.73. The number of fused-ring (bicyclic) bond motifs is 1. The SMILES string of the molecule is CN1C(=S)SC2C(=O)N=CN=C21. The minimum atomic E-state index is -0.299. The minimum absolute atomic E-state index is 0.170. The van der Waals surface area contributed by atoms with Crippen molar-refractivity contribution in [2.75, 3.05) is 7.05 Å². The van der Waals surface area contributed by atoms with Gasteiger partial charge in [0.05, 0.1) is 0 Å². The highest BCUT2D eigenvalue weighted by molar-refractivity contribution is 8.24. The lowest BCUT2D eigenvalue weighted by Crippen LogP contribution is -2.33. The van der Waals surface area contributed by atoms with Gasteiger partial charge < -0.3 is 4.90 Å². The van der Waals surface area contributed by atoms with E-state index in [9.17, 15) is 4.79 Å². The molecule has 2 heterocycles. The summed E-state index contributed by atoms with van der Waals surface area (Å²) in [7, 11) is 1.81. The second kappa shape index (κ2) is 2.63. The van der Waals surface area contributed by atoms with Gasteiger partial charge in [0.1, 0.15) is 16.5 Å². The zero-order valence-corrected chi connectivity index (χ0v) is 7.85. The Balaban J connectivity index is 2.40. The third kappa shape index (κ3) is 0.987. The zero-order valence-electron chi connectivity index (χ0n) is 6.22. The van der Waals surface area contributed by atoms with Crippen molar-refractivity contribution in [1.82, 2.24) is 4.90 Å². The quantitative estimate of drug-likeness (QED) is 0.526. The maximum atomic E-state index is 11.2. The lowest BCUT2D eigenvalue weighted by Gasteiger charge is -2.12. The highest BCUT2D eigenvalue weighted by Gasteiger charge is 2.38. The summed E-state index contributed by atoms with van der Waals surface area (Å²) in [6.07, 6.45) is 1.28. The molecule has 1 amide bonds. The number of rotatable bonds is 0. The molecule has 2 rings (SSSR count). The monoisotopic (exact) mass is 199 g/mol. The summed E-state index contributed by atoms with van der Waals surface area (Å²) in [5, 5.41) is -0.299. The van der Waals surface area contributed by atoms with Crippen LogP contribution in [0.5, 0.6) is 0 Å². The molecule has 1 unspecified atom stereocenters. The van der Waals surface area contributed by atoms with Crippen molar-refractivity contribution in [2.45, 2.75) is 5.25 Å². The van der Waals surface area contributed by atoms with E-state index < -0.39 is 0 Å². The Labute approximate surface area is 78.7 Å². The van der Waals surface area contributed by atoms with Gasteiger partial charge in [-0.3, -0.25) is 4.79 Å². The molecular weight excluding hydrogens is 194 g/mol. The summed E-state index contributed by atoms with van der Waals surface area (Å²) in [5.41, 5.74) is 0. The molecular formula is C6H5N3OS2. The van der Waals surface area contributed by atoms with Gasteiger partial charge in [-0.1, -0.05) is 24.0 Å². The number of aliphatic imine (C=N–C) groups is 2. The van der Waals surface area contributed by atoms with Crippen LogP contribution < -0.4 is 0 Å². The van der Waals surface area contributed by atoms with Crippen LogP contribution in [0.15, 0.2) is 9.98 Å². The highest BCUT2D eigenvalue weighted by Crippen LogP contribution is 2.28. The molecule has 0 N–H and O–H groups in total. The Morgan fingerprint density at radius 1 is 1.75 bits per heavy atom. The summed E-state index contributed by atoms with van der Waals surface area (Å²) in [5.74, 6) is 0.529. The van der Waals surface area contributed by atoms with Crippen LogP contribution in [0.3, 0.4) is 0 Å². The molecule has 2 aliphatic heterocycles. The van der Waals surface area contributed by atoms with Crippen LogP contribution in [0.4, 0.5) is 0 Å². The summed E-state index contributed by atoms with van der Waals surface area (Å²) >= 11 is 6.34. The fourth-order valence-electron chi connectivity index (χ4n) is 1.03. The lowest BCUT2D eigenvalue weighted by atomic mass is 10.3. The van der Waals surface area contributed by atoms with Crippen molar-refractivity contribution in [2.24, 2.45) is 9.98 Å². The van der Waals surface area contributed by atoms with Gasteiger partial charge in [-0.2, -0.15) is 0 Å². The number of carbonyl (C=O) groups excluding carboxylic acids is 1. The van der Waals surface area contributed by atoms with Crippen LogP contribution in [0.2, 0.25) is 0 Å². The van der Waals surface area contributed by atoms with Crippen LogP contribution >= 0.6 is 24.0 Å². The molecule has 1 saturated heterocycles. The summed E-state index contributed by atoms with van der Waals surface area (Å²) in [6.45, 7) is 0. The van der Waals surface area contributed by atoms with Crippen molar-refractivity contribution >= 4 is 46.4 Å². The third-order valence-electron chi connectivity index (χ3n) is 1.67. The van der Waals surface area contributed by atoms with E-state index in [-0.39, 0.29) is 11.2 Å². The largest absolute Gasteiger partial charge is 0.317 e. The maximum absolute atomic E-state index is 11.2. The van der Waals surface area contributed by atoms with Crippen molar-refractivity contribution in [1.29, 1.82) is 0 Å². The van der Waals surface area contributed by atoms with Gasteiger partial charge in [0.2, 0.25) is 0 Å². The number of thiocarbonyl (C=S) groups is 1. The van der Waals surface area contributed by atoms with Gasteiger partial charge in [0, 0.05) is 7.05 Å². The minimum Gasteiger partial charge on any atom is -0.317 e. The number of hydrogen-bond donors (Lipinski definition) is 0. The van der Waals surface area contributed by atoms with E-state index >= 15 is 0 Å². The highest BCUT2D eigenvalue weighted by atomic mass is 32.2. The zero-order chi connectivity index (χ0) is 8.72. The molecule has 62 valence electrons. The molecule has 1 atom stereocenters. The first-order chi connectivity index (χ1) is 5.70. The van der Waals surface area contributed by atoms with E-state index in [0.717, 1.165) is 0 Å². The molecule has 0 spiro atoms. The predicted octanol–water partition coefficient (Wildman–Crippen LogP) is 0.286. The van der Waals surface area contributed by atoms with E-state index in [1.54, 1.807) is 11.9 Å². The molecule has 0 aromatic heterocycles. The van der Waals surface area contributed by atoms with E-state index in [0.29, 0.717) is 10.2 Å². The molecule has 0 saturated carbocycles. The van der Waals surface area contributed by atoms with Crippen molar-refractivity contribution in [3.05, 3.63) is 0 Å². The van der Waals surface area contributed by atoms with Crippen LogP contribution in [0.25, 0.3) is 0 Å². The van der Waals surface area contributed by atoms with Crippen LogP contribution in [0.1, 0.15) is 0 Å². The smallest absolute Gasteiger partial charge is 0.268 e. The molecule has 1 fully saturated rings. The number of amidine groups is 1. The molecule has 0 bridgehead atoms. The van der Waals surface area contributed by atoms with Crippen molar-refractivity contribution in [3.63, 3.8) is 0 Å². The van der Waals surface area contributed by atoms with E-state index in [1.807, 2.05) is 0 Å². The molecule has 6 heteroatoms. The fraction of sp³-hybridized carbons (Fsp3) is 0.333. The van der Waals surface area contributed by atoms with Gasteiger partial charge >= 0.3 is 0 Å². The Morgan fingerprint density at radius 3 is 3.17 bits per heavy atom. The average molecular weight is 199 g/mol. The number of carbonyl (C=O) groups is 1. The van der Waals surface area contributed by atoms with Crippen LogP contribution in [-0.2, 0) is 4.79 Å². The molecule has 0 aromatic carbocycles. The normalized spacial score (nSPS) is 27.6. The first-order valence-electron chi connectivity index (χ1n) is 3.28. The topological polar surface area (TPSA) is 45.0 Å². The molecule has 0 radical (unpaired) electrons. The molecule has 2 aliphatic rings. The molecule has 0 aliphatic carbocycles. The second-order valence-corrected chi connectivity index (χ2v) is 4.13. The number of hydrogen-bond acceptors (Lipinski definition) is 4. The first-order valence-corrected chi connectivity index (χ1v) is 4.57. The summed E-state index contributed by atoms with van der Waals surface area (Å²) < 4.78 is 0.678. The fourth-order valence-corrected chi connectivity index (χ4v) is 2.35. The third-order valence-corrected chi connectivity index (χ3v) is 3.36.